The number of rotatable bonds is 5. The van der Waals surface area contributed by atoms with Crippen molar-refractivity contribution in [3.63, 3.8) is 0 Å². The van der Waals surface area contributed by atoms with Crippen LogP contribution in [0.1, 0.15) is 51.8 Å². The Morgan fingerprint density at radius 3 is 2.08 bits per heavy atom. The van der Waals surface area contributed by atoms with E-state index in [9.17, 15) is 4.79 Å². The quantitative estimate of drug-likeness (QED) is 0.870. The average molecular weight is 325 g/mol. The maximum Gasteiger partial charge on any atom is 0.261 e. The lowest BCUT2D eigenvalue weighted by atomic mass is 9.87. The van der Waals surface area contributed by atoms with Gasteiger partial charge >= 0.3 is 0 Å². The van der Waals surface area contributed by atoms with Crippen LogP contribution in [0.3, 0.4) is 0 Å². The summed E-state index contributed by atoms with van der Waals surface area (Å²) in [6.45, 7) is 10.3. The Morgan fingerprint density at radius 2 is 1.54 bits per heavy atom. The summed E-state index contributed by atoms with van der Waals surface area (Å²) in [5.41, 5.74) is 2.42. The number of amides is 1. The van der Waals surface area contributed by atoms with Gasteiger partial charge in [0, 0.05) is 0 Å². The molecule has 1 N–H and O–H groups in total. The molecule has 0 aliphatic rings. The van der Waals surface area contributed by atoms with Crippen LogP contribution in [-0.2, 0) is 10.2 Å². The standard InChI is InChI=1S/C21H27NO2/c1-15(17-9-7-6-8-10-17)22-20(23)16(2)24-19-13-11-18(12-14-19)21(3,4)5/h6-16H,1-5H3,(H,22,23)/t15-,16?/m1/s1. The minimum atomic E-state index is -0.545. The Hall–Kier alpha value is -2.29. The zero-order valence-corrected chi connectivity index (χ0v) is 15.2. The zero-order chi connectivity index (χ0) is 17.7. The minimum absolute atomic E-state index is 0.0481. The van der Waals surface area contributed by atoms with Crippen LogP contribution < -0.4 is 10.1 Å². The van der Waals surface area contributed by atoms with Crippen LogP contribution in [-0.4, -0.2) is 12.0 Å². The number of hydrogen-bond donors (Lipinski definition) is 1. The van der Waals surface area contributed by atoms with E-state index in [0.717, 1.165) is 5.56 Å². The predicted molar refractivity (Wildman–Crippen MR) is 98.2 cm³/mol. The average Bonchev–Trinajstić information content (AvgIpc) is 2.55. The van der Waals surface area contributed by atoms with Gasteiger partial charge in [-0.25, -0.2) is 0 Å². The fourth-order valence-corrected chi connectivity index (χ4v) is 2.45. The molecule has 0 heterocycles. The number of benzene rings is 2. The Balaban J connectivity index is 1.94. The molecule has 128 valence electrons. The second-order valence-electron chi connectivity index (χ2n) is 7.18. The molecule has 0 fully saturated rings. The van der Waals surface area contributed by atoms with Crippen molar-refractivity contribution < 1.29 is 9.53 Å². The van der Waals surface area contributed by atoms with E-state index >= 15 is 0 Å². The number of ether oxygens (including phenoxy) is 1. The molecule has 24 heavy (non-hydrogen) atoms. The summed E-state index contributed by atoms with van der Waals surface area (Å²) in [5.74, 6) is 0.587. The first kappa shape index (κ1) is 18.1. The van der Waals surface area contributed by atoms with E-state index in [4.69, 9.17) is 4.74 Å². The summed E-state index contributed by atoms with van der Waals surface area (Å²) < 4.78 is 5.77. The van der Waals surface area contributed by atoms with Gasteiger partial charge < -0.3 is 10.1 Å². The molecule has 0 saturated heterocycles. The maximum atomic E-state index is 12.3. The SMILES string of the molecule is CC(Oc1ccc(C(C)(C)C)cc1)C(=O)N[C@H](C)c1ccccc1. The lowest BCUT2D eigenvalue weighted by Crippen LogP contribution is -2.37. The van der Waals surface area contributed by atoms with Gasteiger partial charge in [-0.1, -0.05) is 63.2 Å². The van der Waals surface area contributed by atoms with Gasteiger partial charge in [-0.15, -0.1) is 0 Å². The van der Waals surface area contributed by atoms with Crippen molar-refractivity contribution in [2.24, 2.45) is 0 Å². The van der Waals surface area contributed by atoms with Crippen LogP contribution in [0.2, 0.25) is 0 Å². The molecule has 1 amide bonds. The van der Waals surface area contributed by atoms with Crippen LogP contribution in [0, 0.1) is 0 Å². The zero-order valence-electron chi connectivity index (χ0n) is 15.2. The highest BCUT2D eigenvalue weighted by molar-refractivity contribution is 5.81. The first-order valence-corrected chi connectivity index (χ1v) is 8.40. The highest BCUT2D eigenvalue weighted by Gasteiger charge is 2.18. The van der Waals surface area contributed by atoms with Crippen molar-refractivity contribution in [3.05, 3.63) is 65.7 Å². The van der Waals surface area contributed by atoms with E-state index in [-0.39, 0.29) is 17.4 Å². The molecule has 0 spiro atoms. The van der Waals surface area contributed by atoms with Crippen molar-refractivity contribution in [2.45, 2.75) is 52.2 Å². The molecule has 0 bridgehead atoms. The molecule has 0 saturated carbocycles. The minimum Gasteiger partial charge on any atom is -0.481 e. The molecule has 2 aromatic rings. The third-order valence-electron chi connectivity index (χ3n) is 4.06. The normalized spacial score (nSPS) is 13.9. The first-order chi connectivity index (χ1) is 11.3. The summed E-state index contributed by atoms with van der Waals surface area (Å²) in [6.07, 6.45) is -0.545. The van der Waals surface area contributed by atoms with Gasteiger partial charge in [0.2, 0.25) is 0 Å². The van der Waals surface area contributed by atoms with Gasteiger partial charge in [0.05, 0.1) is 6.04 Å². The van der Waals surface area contributed by atoms with E-state index in [1.165, 1.54) is 5.56 Å². The molecule has 2 rings (SSSR count). The number of carbonyl (C=O) groups excluding carboxylic acids is 1. The fourth-order valence-electron chi connectivity index (χ4n) is 2.45. The van der Waals surface area contributed by atoms with Crippen LogP contribution in [0.25, 0.3) is 0 Å². The lowest BCUT2D eigenvalue weighted by Gasteiger charge is -2.21. The summed E-state index contributed by atoms with van der Waals surface area (Å²) in [4.78, 5) is 12.3. The molecule has 0 aliphatic heterocycles. The van der Waals surface area contributed by atoms with Gasteiger partial charge in [-0.05, 0) is 42.5 Å². The molecular formula is C21H27NO2. The van der Waals surface area contributed by atoms with E-state index in [2.05, 4.69) is 26.1 Å². The van der Waals surface area contributed by atoms with Crippen molar-refractivity contribution in [3.8, 4) is 5.75 Å². The molecule has 2 aromatic carbocycles. The molecule has 3 nitrogen and oxygen atoms in total. The fraction of sp³-hybridized carbons (Fsp3) is 0.381. The molecule has 3 heteroatoms. The van der Waals surface area contributed by atoms with Gasteiger partial charge in [0.15, 0.2) is 6.10 Å². The van der Waals surface area contributed by atoms with E-state index in [1.807, 2.05) is 61.5 Å². The summed E-state index contributed by atoms with van der Waals surface area (Å²) in [5, 5.41) is 2.99. The first-order valence-electron chi connectivity index (χ1n) is 8.40. The largest absolute Gasteiger partial charge is 0.481 e. The van der Waals surface area contributed by atoms with Crippen molar-refractivity contribution in [1.82, 2.24) is 5.32 Å². The maximum absolute atomic E-state index is 12.3. The van der Waals surface area contributed by atoms with Crippen LogP contribution in [0.5, 0.6) is 5.75 Å². The summed E-state index contributed by atoms with van der Waals surface area (Å²) >= 11 is 0. The van der Waals surface area contributed by atoms with Gasteiger partial charge in [0.1, 0.15) is 5.75 Å². The smallest absolute Gasteiger partial charge is 0.261 e. The molecule has 0 aliphatic carbocycles. The van der Waals surface area contributed by atoms with E-state index < -0.39 is 6.10 Å². The van der Waals surface area contributed by atoms with E-state index in [1.54, 1.807) is 6.92 Å². The highest BCUT2D eigenvalue weighted by atomic mass is 16.5. The van der Waals surface area contributed by atoms with Crippen LogP contribution >= 0.6 is 0 Å². The summed E-state index contributed by atoms with van der Waals surface area (Å²) in [7, 11) is 0. The predicted octanol–water partition coefficient (Wildman–Crippen LogP) is 4.63. The third-order valence-corrected chi connectivity index (χ3v) is 4.06. The van der Waals surface area contributed by atoms with Gasteiger partial charge in [0.25, 0.3) is 5.91 Å². The lowest BCUT2D eigenvalue weighted by molar-refractivity contribution is -0.127. The number of hydrogen-bond acceptors (Lipinski definition) is 2. The molecule has 0 radical (unpaired) electrons. The second kappa shape index (κ2) is 7.52. The second-order valence-corrected chi connectivity index (χ2v) is 7.18. The molecule has 0 aromatic heterocycles. The third kappa shape index (κ3) is 4.85. The van der Waals surface area contributed by atoms with E-state index in [0.29, 0.717) is 5.75 Å². The van der Waals surface area contributed by atoms with Gasteiger partial charge in [-0.2, -0.15) is 0 Å². The Kier molecular flexibility index (Phi) is 5.66. The molecule has 2 atom stereocenters. The van der Waals surface area contributed by atoms with Crippen molar-refractivity contribution in [2.75, 3.05) is 0 Å². The van der Waals surface area contributed by atoms with Gasteiger partial charge in [-0.3, -0.25) is 4.79 Å². The topological polar surface area (TPSA) is 38.3 Å². The van der Waals surface area contributed by atoms with Crippen molar-refractivity contribution >= 4 is 5.91 Å². The Labute approximate surface area is 145 Å². The highest BCUT2D eigenvalue weighted by Crippen LogP contribution is 2.24. The Bertz CT molecular complexity index is 656. The van der Waals surface area contributed by atoms with Crippen LogP contribution in [0.4, 0.5) is 0 Å². The Morgan fingerprint density at radius 1 is 0.958 bits per heavy atom. The number of nitrogens with one attached hydrogen (secondary N) is 1. The molecule has 1 unspecified atom stereocenters. The van der Waals surface area contributed by atoms with Crippen molar-refractivity contribution in [1.29, 1.82) is 0 Å². The van der Waals surface area contributed by atoms with Crippen LogP contribution in [0.15, 0.2) is 54.6 Å². The number of carbonyl (C=O) groups is 1. The monoisotopic (exact) mass is 325 g/mol. The molecular weight excluding hydrogens is 298 g/mol. The summed E-state index contributed by atoms with van der Waals surface area (Å²) in [6, 6.07) is 17.8.